The number of morpholine rings is 1. The highest BCUT2D eigenvalue weighted by Crippen LogP contribution is 2.18. The Morgan fingerprint density at radius 3 is 2.29 bits per heavy atom. The number of nitrogens with zero attached hydrogens (tertiary/aromatic N) is 2. The number of sulfonamides is 1. The molecule has 0 bridgehead atoms. The van der Waals surface area contributed by atoms with Crippen LogP contribution in [0.25, 0.3) is 0 Å². The van der Waals surface area contributed by atoms with Crippen molar-refractivity contribution in [3.8, 4) is 0 Å². The zero-order chi connectivity index (χ0) is 15.5. The van der Waals surface area contributed by atoms with Gasteiger partial charge in [-0.25, -0.2) is 23.2 Å². The molecule has 1 N–H and O–H groups in total. The molecule has 0 spiro atoms. The van der Waals surface area contributed by atoms with Crippen LogP contribution in [0.1, 0.15) is 18.5 Å². The van der Waals surface area contributed by atoms with Crippen LogP contribution < -0.4 is 5.43 Å². The van der Waals surface area contributed by atoms with Crippen molar-refractivity contribution in [2.75, 3.05) is 40.4 Å². The van der Waals surface area contributed by atoms with Crippen LogP contribution in [0.15, 0.2) is 29.2 Å². The van der Waals surface area contributed by atoms with Crippen molar-refractivity contribution in [2.45, 2.75) is 17.9 Å². The molecule has 118 valence electrons. The summed E-state index contributed by atoms with van der Waals surface area (Å²) in [5.74, 6) is 0. The van der Waals surface area contributed by atoms with Gasteiger partial charge in [0.25, 0.3) is 0 Å². The third kappa shape index (κ3) is 4.02. The van der Waals surface area contributed by atoms with Crippen molar-refractivity contribution in [1.82, 2.24) is 14.7 Å². The van der Waals surface area contributed by atoms with Gasteiger partial charge in [-0.05, 0) is 24.6 Å². The van der Waals surface area contributed by atoms with Crippen LogP contribution in [0.5, 0.6) is 0 Å². The first-order chi connectivity index (χ1) is 9.91. The fourth-order valence-corrected chi connectivity index (χ4v) is 3.08. The van der Waals surface area contributed by atoms with E-state index in [0.717, 1.165) is 31.9 Å². The summed E-state index contributed by atoms with van der Waals surface area (Å²) >= 11 is 0. The highest BCUT2D eigenvalue weighted by atomic mass is 32.2. The van der Waals surface area contributed by atoms with Crippen molar-refractivity contribution < 1.29 is 13.2 Å². The SMILES string of the molecule is CC(NN1CCOCC1)c1ccc(S(=O)(=O)N(C)C)cc1. The summed E-state index contributed by atoms with van der Waals surface area (Å²) in [6.45, 7) is 5.25. The molecule has 0 radical (unpaired) electrons. The summed E-state index contributed by atoms with van der Waals surface area (Å²) in [6.07, 6.45) is 0. The Hall–Kier alpha value is -0.990. The van der Waals surface area contributed by atoms with Gasteiger partial charge in [0, 0.05) is 33.2 Å². The molecule has 0 aromatic heterocycles. The van der Waals surface area contributed by atoms with Crippen molar-refractivity contribution in [3.05, 3.63) is 29.8 Å². The molecule has 1 atom stereocenters. The summed E-state index contributed by atoms with van der Waals surface area (Å²) in [5.41, 5.74) is 4.46. The van der Waals surface area contributed by atoms with Gasteiger partial charge in [-0.2, -0.15) is 0 Å². The predicted octanol–water partition coefficient (Wildman–Crippen LogP) is 0.835. The standard InChI is InChI=1S/C14H23N3O3S/c1-12(15-17-8-10-20-11-9-17)13-4-6-14(7-5-13)21(18,19)16(2)3/h4-7,12,15H,8-11H2,1-3H3. The summed E-state index contributed by atoms with van der Waals surface area (Å²) in [4.78, 5) is 0.315. The van der Waals surface area contributed by atoms with E-state index in [4.69, 9.17) is 4.74 Å². The van der Waals surface area contributed by atoms with Crippen molar-refractivity contribution in [2.24, 2.45) is 0 Å². The second-order valence-electron chi connectivity index (χ2n) is 5.31. The minimum absolute atomic E-state index is 0.124. The predicted molar refractivity (Wildman–Crippen MR) is 81.3 cm³/mol. The molecule has 1 aromatic carbocycles. The Balaban J connectivity index is 2.04. The fourth-order valence-electron chi connectivity index (χ4n) is 2.18. The molecule has 1 saturated heterocycles. The number of rotatable bonds is 5. The van der Waals surface area contributed by atoms with Gasteiger partial charge >= 0.3 is 0 Å². The molecular formula is C14H23N3O3S. The lowest BCUT2D eigenvalue weighted by atomic mass is 10.1. The van der Waals surface area contributed by atoms with E-state index in [-0.39, 0.29) is 6.04 Å². The van der Waals surface area contributed by atoms with Gasteiger partial charge < -0.3 is 4.74 Å². The van der Waals surface area contributed by atoms with Crippen molar-refractivity contribution in [1.29, 1.82) is 0 Å². The van der Waals surface area contributed by atoms with Crippen LogP contribution in [0, 0.1) is 0 Å². The largest absolute Gasteiger partial charge is 0.379 e. The first kappa shape index (κ1) is 16.4. The van der Waals surface area contributed by atoms with Crippen molar-refractivity contribution >= 4 is 10.0 Å². The zero-order valence-corrected chi connectivity index (χ0v) is 13.6. The monoisotopic (exact) mass is 313 g/mol. The molecule has 1 aliphatic rings. The number of hydrogen-bond donors (Lipinski definition) is 1. The molecule has 1 heterocycles. The maximum absolute atomic E-state index is 12.0. The molecule has 21 heavy (non-hydrogen) atoms. The Morgan fingerprint density at radius 2 is 1.76 bits per heavy atom. The highest BCUT2D eigenvalue weighted by molar-refractivity contribution is 7.89. The molecule has 1 unspecified atom stereocenters. The van der Waals surface area contributed by atoms with Gasteiger partial charge in [-0.3, -0.25) is 0 Å². The van der Waals surface area contributed by atoms with E-state index in [9.17, 15) is 8.42 Å². The first-order valence-corrected chi connectivity index (χ1v) is 8.46. The van der Waals surface area contributed by atoms with Crippen molar-refractivity contribution in [3.63, 3.8) is 0 Å². The molecule has 0 saturated carbocycles. The lowest BCUT2D eigenvalue weighted by Gasteiger charge is -2.30. The van der Waals surface area contributed by atoms with Gasteiger partial charge in [-0.15, -0.1) is 0 Å². The van der Waals surface area contributed by atoms with Crippen LogP contribution in [0.3, 0.4) is 0 Å². The quantitative estimate of drug-likeness (QED) is 0.872. The molecule has 1 fully saturated rings. The summed E-state index contributed by atoms with van der Waals surface area (Å²) < 4.78 is 30.6. The number of ether oxygens (including phenoxy) is 1. The van der Waals surface area contributed by atoms with E-state index in [0.29, 0.717) is 4.90 Å². The van der Waals surface area contributed by atoms with Gasteiger partial charge in [-0.1, -0.05) is 12.1 Å². The third-order valence-electron chi connectivity index (χ3n) is 3.55. The van der Waals surface area contributed by atoms with Gasteiger partial charge in [0.15, 0.2) is 0 Å². The second kappa shape index (κ2) is 6.85. The first-order valence-electron chi connectivity index (χ1n) is 7.02. The van der Waals surface area contributed by atoms with E-state index in [2.05, 4.69) is 17.4 Å². The number of benzene rings is 1. The minimum Gasteiger partial charge on any atom is -0.379 e. The Bertz CT molecular complexity index is 551. The molecule has 2 rings (SSSR count). The maximum Gasteiger partial charge on any atom is 0.242 e. The van der Waals surface area contributed by atoms with E-state index < -0.39 is 10.0 Å². The van der Waals surface area contributed by atoms with Gasteiger partial charge in [0.1, 0.15) is 0 Å². The maximum atomic E-state index is 12.0. The Kier molecular flexibility index (Phi) is 5.34. The second-order valence-corrected chi connectivity index (χ2v) is 7.46. The Morgan fingerprint density at radius 1 is 1.19 bits per heavy atom. The van der Waals surface area contributed by atoms with Crippen LogP contribution >= 0.6 is 0 Å². The molecule has 0 amide bonds. The molecular weight excluding hydrogens is 290 g/mol. The fraction of sp³-hybridized carbons (Fsp3) is 0.571. The summed E-state index contributed by atoms with van der Waals surface area (Å²) in [6, 6.07) is 7.15. The van der Waals surface area contributed by atoms with E-state index in [1.54, 1.807) is 12.1 Å². The van der Waals surface area contributed by atoms with E-state index >= 15 is 0 Å². The summed E-state index contributed by atoms with van der Waals surface area (Å²) in [7, 11) is -0.293. The molecule has 6 nitrogen and oxygen atoms in total. The van der Waals surface area contributed by atoms with Gasteiger partial charge in [0.2, 0.25) is 10.0 Å². The molecule has 1 aliphatic heterocycles. The van der Waals surface area contributed by atoms with Crippen LogP contribution in [-0.4, -0.2) is 58.1 Å². The smallest absolute Gasteiger partial charge is 0.242 e. The lowest BCUT2D eigenvalue weighted by Crippen LogP contribution is -2.46. The average molecular weight is 313 g/mol. The van der Waals surface area contributed by atoms with Crippen LogP contribution in [0.4, 0.5) is 0 Å². The number of nitrogens with one attached hydrogen (secondary N) is 1. The average Bonchev–Trinajstić information content (AvgIpc) is 2.48. The normalized spacial score (nSPS) is 18.9. The minimum atomic E-state index is -3.36. The zero-order valence-electron chi connectivity index (χ0n) is 12.7. The van der Waals surface area contributed by atoms with E-state index in [1.165, 1.54) is 18.4 Å². The van der Waals surface area contributed by atoms with Gasteiger partial charge in [0.05, 0.1) is 18.1 Å². The molecule has 1 aromatic rings. The third-order valence-corrected chi connectivity index (χ3v) is 5.38. The Labute approximate surface area is 126 Å². The summed E-state index contributed by atoms with van der Waals surface area (Å²) in [5, 5.41) is 2.14. The van der Waals surface area contributed by atoms with E-state index in [1.807, 2.05) is 12.1 Å². The lowest BCUT2D eigenvalue weighted by molar-refractivity contribution is 0.00484. The topological polar surface area (TPSA) is 61.9 Å². The van der Waals surface area contributed by atoms with Crippen LogP contribution in [-0.2, 0) is 14.8 Å². The number of hydrazine groups is 1. The van der Waals surface area contributed by atoms with Crippen LogP contribution in [0.2, 0.25) is 0 Å². The molecule has 0 aliphatic carbocycles. The highest BCUT2D eigenvalue weighted by Gasteiger charge is 2.18. The molecule has 7 heteroatoms. The number of hydrogen-bond acceptors (Lipinski definition) is 5.